The molecule has 0 spiro atoms. The minimum Gasteiger partial charge on any atom is -0.198 e. The first kappa shape index (κ1) is 8.45. The molecule has 0 saturated carbocycles. The molecule has 0 aromatic heterocycles. The molecule has 0 radical (unpaired) electrons. The van der Waals surface area contributed by atoms with Gasteiger partial charge in [-0.15, -0.1) is 0 Å². The predicted molar refractivity (Wildman–Crippen MR) is 42.1 cm³/mol. The SMILES string of the molecule is C=C/C(Br)=C(\C)CC#N. The summed E-state index contributed by atoms with van der Waals surface area (Å²) in [5.41, 5.74) is 1.02. The van der Waals surface area contributed by atoms with Gasteiger partial charge in [-0.25, -0.2) is 0 Å². The second-order valence-electron chi connectivity index (χ2n) is 1.67. The average molecular weight is 186 g/mol. The Morgan fingerprint density at radius 1 is 1.89 bits per heavy atom. The lowest BCUT2D eigenvalue weighted by Gasteiger charge is -1.92. The van der Waals surface area contributed by atoms with E-state index in [1.165, 1.54) is 0 Å². The van der Waals surface area contributed by atoms with E-state index in [0.29, 0.717) is 6.42 Å². The maximum absolute atomic E-state index is 8.24. The second kappa shape index (κ2) is 4.34. The van der Waals surface area contributed by atoms with Gasteiger partial charge in [-0.3, -0.25) is 0 Å². The molecule has 9 heavy (non-hydrogen) atoms. The third kappa shape index (κ3) is 3.10. The minimum atomic E-state index is 0.465. The maximum Gasteiger partial charge on any atom is 0.0666 e. The third-order valence-electron chi connectivity index (χ3n) is 0.931. The highest BCUT2D eigenvalue weighted by Gasteiger charge is 1.91. The van der Waals surface area contributed by atoms with Crippen LogP contribution in [0.2, 0.25) is 0 Å². The summed E-state index contributed by atoms with van der Waals surface area (Å²) in [4.78, 5) is 0. The van der Waals surface area contributed by atoms with E-state index < -0.39 is 0 Å². The van der Waals surface area contributed by atoms with Crippen LogP contribution in [0.15, 0.2) is 22.7 Å². The first-order valence-corrected chi connectivity index (χ1v) is 3.36. The van der Waals surface area contributed by atoms with Gasteiger partial charge in [0.2, 0.25) is 0 Å². The van der Waals surface area contributed by atoms with Crippen molar-refractivity contribution in [2.75, 3.05) is 0 Å². The van der Waals surface area contributed by atoms with E-state index in [0.717, 1.165) is 10.1 Å². The molecule has 1 nitrogen and oxygen atoms in total. The largest absolute Gasteiger partial charge is 0.198 e. The summed E-state index contributed by atoms with van der Waals surface area (Å²) < 4.78 is 0.920. The molecule has 0 fully saturated rings. The van der Waals surface area contributed by atoms with Crippen LogP contribution in [-0.2, 0) is 0 Å². The summed E-state index contributed by atoms with van der Waals surface area (Å²) in [6, 6.07) is 2.05. The zero-order chi connectivity index (χ0) is 7.28. The predicted octanol–water partition coefficient (Wildman–Crippen LogP) is 2.75. The maximum atomic E-state index is 8.24. The molecule has 0 aliphatic heterocycles. The van der Waals surface area contributed by atoms with Crippen molar-refractivity contribution < 1.29 is 0 Å². The summed E-state index contributed by atoms with van der Waals surface area (Å²) in [7, 11) is 0. The zero-order valence-corrected chi connectivity index (χ0v) is 6.90. The lowest BCUT2D eigenvalue weighted by molar-refractivity contribution is 1.21. The Bertz CT molecular complexity index is 174. The van der Waals surface area contributed by atoms with Crippen molar-refractivity contribution in [2.45, 2.75) is 13.3 Å². The summed E-state index contributed by atoms with van der Waals surface area (Å²) in [6.45, 7) is 5.45. The Balaban J connectivity index is 4.14. The van der Waals surface area contributed by atoms with Crippen molar-refractivity contribution in [1.29, 1.82) is 5.26 Å². The highest BCUT2D eigenvalue weighted by Crippen LogP contribution is 2.14. The summed E-state index contributed by atoms with van der Waals surface area (Å²) in [5.74, 6) is 0. The van der Waals surface area contributed by atoms with E-state index in [2.05, 4.69) is 22.5 Å². The number of nitriles is 1. The fourth-order valence-electron chi connectivity index (χ4n) is 0.377. The van der Waals surface area contributed by atoms with Crippen LogP contribution in [0.25, 0.3) is 0 Å². The number of halogens is 1. The quantitative estimate of drug-likeness (QED) is 0.608. The minimum absolute atomic E-state index is 0.465. The van der Waals surface area contributed by atoms with Crippen LogP contribution >= 0.6 is 15.9 Å². The summed E-state index contributed by atoms with van der Waals surface area (Å²) >= 11 is 3.25. The Kier molecular flexibility index (Phi) is 4.08. The number of hydrogen-bond acceptors (Lipinski definition) is 1. The van der Waals surface area contributed by atoms with E-state index in [4.69, 9.17) is 5.26 Å². The molecule has 0 bridgehead atoms. The van der Waals surface area contributed by atoms with Crippen LogP contribution in [0.1, 0.15) is 13.3 Å². The van der Waals surface area contributed by atoms with E-state index >= 15 is 0 Å². The Hall–Kier alpha value is -0.550. The first-order valence-electron chi connectivity index (χ1n) is 2.57. The summed E-state index contributed by atoms with van der Waals surface area (Å²) in [6.07, 6.45) is 2.15. The van der Waals surface area contributed by atoms with Gasteiger partial charge in [-0.2, -0.15) is 5.26 Å². The fourth-order valence-corrected chi connectivity index (χ4v) is 0.517. The van der Waals surface area contributed by atoms with Gasteiger partial charge in [0.05, 0.1) is 12.5 Å². The molecule has 0 aromatic rings. The normalized spacial score (nSPS) is 11.7. The van der Waals surface area contributed by atoms with Gasteiger partial charge in [-0.05, 0) is 12.5 Å². The lowest BCUT2D eigenvalue weighted by Crippen LogP contribution is -1.74. The van der Waals surface area contributed by atoms with Crippen LogP contribution in [0.3, 0.4) is 0 Å². The number of hydrogen-bond donors (Lipinski definition) is 0. The van der Waals surface area contributed by atoms with E-state index in [1.807, 2.05) is 13.0 Å². The van der Waals surface area contributed by atoms with Crippen LogP contribution in [0, 0.1) is 11.3 Å². The average Bonchev–Trinajstić information content (AvgIpc) is 1.87. The molecular weight excluding hydrogens is 178 g/mol. The van der Waals surface area contributed by atoms with Gasteiger partial charge in [0, 0.05) is 4.48 Å². The van der Waals surface area contributed by atoms with Crippen LogP contribution in [0.5, 0.6) is 0 Å². The van der Waals surface area contributed by atoms with Gasteiger partial charge >= 0.3 is 0 Å². The molecule has 0 amide bonds. The van der Waals surface area contributed by atoms with Crippen LogP contribution in [0.4, 0.5) is 0 Å². The van der Waals surface area contributed by atoms with Crippen molar-refractivity contribution >= 4 is 15.9 Å². The monoisotopic (exact) mass is 185 g/mol. The highest BCUT2D eigenvalue weighted by molar-refractivity contribution is 9.11. The van der Waals surface area contributed by atoms with Crippen molar-refractivity contribution in [3.8, 4) is 6.07 Å². The molecule has 0 aromatic carbocycles. The van der Waals surface area contributed by atoms with Crippen molar-refractivity contribution in [2.24, 2.45) is 0 Å². The van der Waals surface area contributed by atoms with Gasteiger partial charge in [-0.1, -0.05) is 28.6 Å². The molecule has 0 aliphatic rings. The molecule has 0 heterocycles. The summed E-state index contributed by atoms with van der Waals surface area (Å²) in [5, 5.41) is 8.24. The standard InChI is InChI=1S/C7H8BrN/c1-3-7(8)6(2)4-5-9/h3H,1,4H2,2H3/b7-6-. The topological polar surface area (TPSA) is 23.8 Å². The fraction of sp³-hybridized carbons (Fsp3) is 0.286. The third-order valence-corrected chi connectivity index (χ3v) is 1.93. The van der Waals surface area contributed by atoms with Gasteiger partial charge in [0.1, 0.15) is 0 Å². The second-order valence-corrected chi connectivity index (χ2v) is 2.52. The lowest BCUT2D eigenvalue weighted by atomic mass is 10.2. The van der Waals surface area contributed by atoms with E-state index in [1.54, 1.807) is 6.08 Å². The van der Waals surface area contributed by atoms with E-state index in [9.17, 15) is 0 Å². The van der Waals surface area contributed by atoms with Crippen molar-refractivity contribution in [1.82, 2.24) is 0 Å². The Labute approximate surface area is 63.8 Å². The number of nitrogens with zero attached hydrogens (tertiary/aromatic N) is 1. The molecule has 0 atom stereocenters. The van der Waals surface area contributed by atoms with Gasteiger partial charge in [0.15, 0.2) is 0 Å². The first-order chi connectivity index (χ1) is 4.22. The van der Waals surface area contributed by atoms with Gasteiger partial charge in [0.25, 0.3) is 0 Å². The Morgan fingerprint density at radius 3 is 2.78 bits per heavy atom. The van der Waals surface area contributed by atoms with Crippen LogP contribution in [-0.4, -0.2) is 0 Å². The smallest absolute Gasteiger partial charge is 0.0666 e. The Morgan fingerprint density at radius 2 is 2.44 bits per heavy atom. The molecule has 48 valence electrons. The molecule has 0 aliphatic carbocycles. The molecule has 2 heteroatoms. The highest BCUT2D eigenvalue weighted by atomic mass is 79.9. The van der Waals surface area contributed by atoms with Crippen molar-refractivity contribution in [3.63, 3.8) is 0 Å². The number of rotatable bonds is 2. The molecule has 0 unspecified atom stereocenters. The van der Waals surface area contributed by atoms with Crippen molar-refractivity contribution in [3.05, 3.63) is 22.7 Å². The molecule has 0 N–H and O–H groups in total. The van der Waals surface area contributed by atoms with Gasteiger partial charge < -0.3 is 0 Å². The molecular formula is C7H8BrN. The van der Waals surface area contributed by atoms with Crippen LogP contribution < -0.4 is 0 Å². The van der Waals surface area contributed by atoms with E-state index in [-0.39, 0.29) is 0 Å². The molecule has 0 rings (SSSR count). The molecule has 0 saturated heterocycles. The zero-order valence-electron chi connectivity index (χ0n) is 5.32. The number of allylic oxidation sites excluding steroid dienone is 3.